The number of hydrogen-bond donors (Lipinski definition) is 0. The highest BCUT2D eigenvalue weighted by atomic mass is 16.5. The van der Waals surface area contributed by atoms with Crippen molar-refractivity contribution >= 4 is 5.97 Å². The van der Waals surface area contributed by atoms with E-state index >= 15 is 0 Å². The molecule has 0 fully saturated rings. The van der Waals surface area contributed by atoms with Crippen molar-refractivity contribution < 1.29 is 19.0 Å². The number of hydrogen-bond acceptors (Lipinski definition) is 4. The van der Waals surface area contributed by atoms with Gasteiger partial charge in [0.15, 0.2) is 0 Å². The van der Waals surface area contributed by atoms with Crippen LogP contribution in [0.3, 0.4) is 0 Å². The second-order valence-corrected chi connectivity index (χ2v) is 9.54. The molecule has 0 saturated carbocycles. The van der Waals surface area contributed by atoms with E-state index in [1.54, 1.807) is 0 Å². The molecule has 0 N–H and O–H groups in total. The van der Waals surface area contributed by atoms with Crippen LogP contribution in [0.1, 0.15) is 67.3 Å². The Morgan fingerprint density at radius 3 is 2.42 bits per heavy atom. The van der Waals surface area contributed by atoms with Crippen LogP contribution in [0, 0.1) is 6.92 Å². The minimum Gasteiger partial charge on any atom is -0.493 e. The summed E-state index contributed by atoms with van der Waals surface area (Å²) in [5.41, 5.74) is 6.19. The average molecular weight is 489 g/mol. The zero-order valence-electron chi connectivity index (χ0n) is 22.4. The van der Waals surface area contributed by atoms with E-state index in [-0.39, 0.29) is 12.1 Å². The van der Waals surface area contributed by atoms with Crippen molar-refractivity contribution in [2.45, 2.75) is 71.8 Å². The van der Waals surface area contributed by atoms with Gasteiger partial charge in [-0.1, -0.05) is 62.4 Å². The predicted octanol–water partition coefficient (Wildman–Crippen LogP) is 7.25. The van der Waals surface area contributed by atoms with E-state index in [1.807, 2.05) is 25.1 Å². The number of carbonyl (C=O) groups is 1. The zero-order chi connectivity index (χ0) is 25.9. The molecule has 3 aromatic rings. The molecule has 3 rings (SSSR count). The normalized spacial score (nSPS) is 12.6. The quantitative estimate of drug-likeness (QED) is 0.238. The van der Waals surface area contributed by atoms with E-state index in [0.717, 1.165) is 41.9 Å². The topological polar surface area (TPSA) is 44.8 Å². The highest BCUT2D eigenvalue weighted by Crippen LogP contribution is 2.29. The standard InChI is InChI=1S/C32H40O4/c1-6-26-12-16-31(29(22-26)20-23(2)27-10-8-7-9-11-27)36-25(4)18-19-35-30-15-13-28(24(3)21-30)14-17-32(33)34-5/h7-13,15-16,21-23,25H,6,14,17-20H2,1-5H3. The lowest BCUT2D eigenvalue weighted by Crippen LogP contribution is -2.17. The van der Waals surface area contributed by atoms with Crippen LogP contribution in [-0.2, 0) is 28.8 Å². The van der Waals surface area contributed by atoms with Crippen molar-refractivity contribution in [2.75, 3.05) is 13.7 Å². The summed E-state index contributed by atoms with van der Waals surface area (Å²) in [7, 11) is 1.42. The van der Waals surface area contributed by atoms with E-state index in [4.69, 9.17) is 14.2 Å². The maximum Gasteiger partial charge on any atom is 0.305 e. The van der Waals surface area contributed by atoms with Gasteiger partial charge in [-0.15, -0.1) is 0 Å². The van der Waals surface area contributed by atoms with Crippen LogP contribution < -0.4 is 9.47 Å². The van der Waals surface area contributed by atoms with Gasteiger partial charge >= 0.3 is 5.97 Å². The molecule has 4 heteroatoms. The molecule has 2 atom stereocenters. The molecule has 36 heavy (non-hydrogen) atoms. The number of carbonyl (C=O) groups excluding carboxylic acids is 1. The monoisotopic (exact) mass is 488 g/mol. The third-order valence-corrected chi connectivity index (χ3v) is 6.69. The number of benzene rings is 3. The van der Waals surface area contributed by atoms with Gasteiger partial charge in [0.2, 0.25) is 0 Å². The fourth-order valence-corrected chi connectivity index (χ4v) is 4.35. The molecule has 2 unspecified atom stereocenters. The first-order valence-corrected chi connectivity index (χ1v) is 13.0. The maximum atomic E-state index is 11.4. The summed E-state index contributed by atoms with van der Waals surface area (Å²) in [6, 6.07) is 23.3. The molecular formula is C32H40O4. The summed E-state index contributed by atoms with van der Waals surface area (Å²) in [5.74, 6) is 2.03. The van der Waals surface area contributed by atoms with Crippen LogP contribution in [-0.4, -0.2) is 25.8 Å². The average Bonchev–Trinajstić information content (AvgIpc) is 2.89. The Labute approximate surface area is 216 Å². The first-order valence-electron chi connectivity index (χ1n) is 13.0. The van der Waals surface area contributed by atoms with Gasteiger partial charge in [-0.05, 0) is 85.0 Å². The largest absolute Gasteiger partial charge is 0.493 e. The van der Waals surface area contributed by atoms with Gasteiger partial charge in [0.05, 0.1) is 19.8 Å². The first kappa shape index (κ1) is 27.3. The highest BCUT2D eigenvalue weighted by Gasteiger charge is 2.14. The van der Waals surface area contributed by atoms with Crippen molar-refractivity contribution in [1.82, 2.24) is 0 Å². The molecule has 4 nitrogen and oxygen atoms in total. The summed E-state index contributed by atoms with van der Waals surface area (Å²) >= 11 is 0. The zero-order valence-corrected chi connectivity index (χ0v) is 22.4. The molecule has 0 aliphatic carbocycles. The second kappa shape index (κ2) is 13.7. The van der Waals surface area contributed by atoms with E-state index in [2.05, 4.69) is 69.3 Å². The number of methoxy groups -OCH3 is 1. The van der Waals surface area contributed by atoms with Gasteiger partial charge in [-0.2, -0.15) is 0 Å². The Balaban J connectivity index is 1.55. The Morgan fingerprint density at radius 1 is 0.944 bits per heavy atom. The van der Waals surface area contributed by atoms with Gasteiger partial charge < -0.3 is 14.2 Å². The second-order valence-electron chi connectivity index (χ2n) is 9.54. The number of aryl methyl sites for hydroxylation is 3. The molecule has 0 aromatic heterocycles. The molecule has 3 aromatic carbocycles. The number of ether oxygens (including phenoxy) is 3. The van der Waals surface area contributed by atoms with Gasteiger partial charge in [0.25, 0.3) is 0 Å². The molecule has 192 valence electrons. The Morgan fingerprint density at radius 2 is 1.72 bits per heavy atom. The third-order valence-electron chi connectivity index (χ3n) is 6.69. The van der Waals surface area contributed by atoms with Crippen molar-refractivity contribution in [2.24, 2.45) is 0 Å². The van der Waals surface area contributed by atoms with E-state index in [1.165, 1.54) is 23.8 Å². The van der Waals surface area contributed by atoms with Crippen molar-refractivity contribution in [3.63, 3.8) is 0 Å². The van der Waals surface area contributed by atoms with E-state index < -0.39 is 0 Å². The molecule has 0 aliphatic rings. The lowest BCUT2D eigenvalue weighted by atomic mass is 9.92. The SMILES string of the molecule is CCc1ccc(OC(C)CCOc2ccc(CCC(=O)OC)c(C)c2)c(CC(C)c2ccccc2)c1. The summed E-state index contributed by atoms with van der Waals surface area (Å²) in [5, 5.41) is 0. The summed E-state index contributed by atoms with van der Waals surface area (Å²) in [4.78, 5) is 11.4. The number of esters is 1. The van der Waals surface area contributed by atoms with E-state index in [0.29, 0.717) is 25.4 Å². The lowest BCUT2D eigenvalue weighted by molar-refractivity contribution is -0.140. The summed E-state index contributed by atoms with van der Waals surface area (Å²) in [6.07, 6.45) is 3.83. The third kappa shape index (κ3) is 8.15. The van der Waals surface area contributed by atoms with Gasteiger partial charge in [0.1, 0.15) is 11.5 Å². The first-order chi connectivity index (χ1) is 17.4. The molecule has 0 bridgehead atoms. The summed E-state index contributed by atoms with van der Waals surface area (Å²) < 4.78 is 17.2. The smallest absolute Gasteiger partial charge is 0.305 e. The maximum absolute atomic E-state index is 11.4. The predicted molar refractivity (Wildman–Crippen MR) is 146 cm³/mol. The summed E-state index contributed by atoms with van der Waals surface area (Å²) in [6.45, 7) is 9.18. The fourth-order valence-electron chi connectivity index (χ4n) is 4.35. The van der Waals surface area contributed by atoms with Crippen molar-refractivity contribution in [3.05, 3.63) is 94.5 Å². The van der Waals surface area contributed by atoms with Crippen LogP contribution in [0.4, 0.5) is 0 Å². The molecule has 0 heterocycles. The Kier molecular flexibility index (Phi) is 10.4. The molecule has 0 radical (unpaired) electrons. The molecule has 0 amide bonds. The van der Waals surface area contributed by atoms with Gasteiger partial charge in [0, 0.05) is 12.8 Å². The van der Waals surface area contributed by atoms with Crippen LogP contribution in [0.2, 0.25) is 0 Å². The van der Waals surface area contributed by atoms with Crippen LogP contribution in [0.5, 0.6) is 11.5 Å². The van der Waals surface area contributed by atoms with Crippen LogP contribution in [0.15, 0.2) is 66.7 Å². The van der Waals surface area contributed by atoms with Crippen molar-refractivity contribution in [3.8, 4) is 11.5 Å². The Hall–Kier alpha value is -3.27. The van der Waals surface area contributed by atoms with Crippen LogP contribution >= 0.6 is 0 Å². The van der Waals surface area contributed by atoms with Crippen LogP contribution in [0.25, 0.3) is 0 Å². The Bertz CT molecular complexity index is 1110. The number of rotatable bonds is 13. The minimum absolute atomic E-state index is 0.0312. The molecular weight excluding hydrogens is 448 g/mol. The van der Waals surface area contributed by atoms with E-state index in [9.17, 15) is 4.79 Å². The highest BCUT2D eigenvalue weighted by molar-refractivity contribution is 5.69. The molecule has 0 aliphatic heterocycles. The lowest BCUT2D eigenvalue weighted by Gasteiger charge is -2.20. The fraction of sp³-hybridized carbons (Fsp3) is 0.406. The molecule has 0 spiro atoms. The van der Waals surface area contributed by atoms with Gasteiger partial charge in [-0.3, -0.25) is 4.79 Å². The van der Waals surface area contributed by atoms with Crippen molar-refractivity contribution in [1.29, 1.82) is 0 Å². The van der Waals surface area contributed by atoms with Gasteiger partial charge in [-0.25, -0.2) is 0 Å². The minimum atomic E-state index is -0.189. The molecule has 0 saturated heterocycles.